The Morgan fingerprint density at radius 3 is 2.81 bits per heavy atom. The van der Waals surface area contributed by atoms with Crippen LogP contribution < -0.4 is 0 Å². The first-order valence-electron chi connectivity index (χ1n) is 6.15. The van der Waals surface area contributed by atoms with Crippen LogP contribution in [0, 0.1) is 5.92 Å². The molecule has 0 aliphatic carbocycles. The molecule has 0 aromatic heterocycles. The van der Waals surface area contributed by atoms with Crippen molar-refractivity contribution in [2.24, 2.45) is 5.92 Å². The number of hydrogen-bond donors (Lipinski definition) is 0. The Bertz CT molecular complexity index is 344. The summed E-state index contributed by atoms with van der Waals surface area (Å²) in [5.74, 6) is 0.454. The molecule has 1 saturated heterocycles. The lowest BCUT2D eigenvalue weighted by atomic mass is 9.78. The largest absolute Gasteiger partial charge is 0.370 e. The molecule has 1 nitrogen and oxygen atoms in total. The maximum atomic E-state index is 6.10. The highest BCUT2D eigenvalue weighted by Crippen LogP contribution is 2.45. The second-order valence-corrected chi connectivity index (χ2v) is 4.48. The van der Waals surface area contributed by atoms with Crippen molar-refractivity contribution in [3.8, 4) is 0 Å². The Hall–Kier alpha value is -1.08. The molecule has 86 valence electrons. The summed E-state index contributed by atoms with van der Waals surface area (Å²) in [5, 5.41) is 0. The first-order chi connectivity index (χ1) is 7.83. The summed E-state index contributed by atoms with van der Waals surface area (Å²) in [4.78, 5) is 0. The summed E-state index contributed by atoms with van der Waals surface area (Å²) >= 11 is 0. The summed E-state index contributed by atoms with van der Waals surface area (Å²) in [5.41, 5.74) is 1.19. The van der Waals surface area contributed by atoms with Crippen molar-refractivity contribution >= 4 is 0 Å². The molecule has 2 rings (SSSR count). The monoisotopic (exact) mass is 216 g/mol. The van der Waals surface area contributed by atoms with E-state index < -0.39 is 0 Å². The van der Waals surface area contributed by atoms with Crippen molar-refractivity contribution in [2.75, 3.05) is 6.61 Å². The average Bonchev–Trinajstić information content (AvgIpc) is 2.75. The van der Waals surface area contributed by atoms with Gasteiger partial charge in [0.1, 0.15) is 0 Å². The molecule has 2 atom stereocenters. The standard InChI is InChI=1S/C15H20O/c1-3-11-15(13(4-2)10-12-16-15)14-8-6-5-7-9-14/h4-9,13H,2-3,10-12H2,1H3/t13-,15+/m0/s1. The predicted molar refractivity (Wildman–Crippen MR) is 67.3 cm³/mol. The van der Waals surface area contributed by atoms with E-state index in [0.717, 1.165) is 25.9 Å². The second-order valence-electron chi connectivity index (χ2n) is 4.48. The Labute approximate surface area is 98.1 Å². The van der Waals surface area contributed by atoms with Gasteiger partial charge in [-0.2, -0.15) is 0 Å². The van der Waals surface area contributed by atoms with Crippen molar-refractivity contribution < 1.29 is 4.74 Å². The first kappa shape index (κ1) is 11.4. The smallest absolute Gasteiger partial charge is 0.0994 e. The Morgan fingerprint density at radius 2 is 2.19 bits per heavy atom. The summed E-state index contributed by atoms with van der Waals surface area (Å²) in [7, 11) is 0. The summed E-state index contributed by atoms with van der Waals surface area (Å²) < 4.78 is 6.10. The molecular weight excluding hydrogens is 196 g/mol. The van der Waals surface area contributed by atoms with E-state index in [-0.39, 0.29) is 5.60 Å². The first-order valence-corrected chi connectivity index (χ1v) is 6.15. The van der Waals surface area contributed by atoms with Crippen molar-refractivity contribution in [3.05, 3.63) is 48.6 Å². The van der Waals surface area contributed by atoms with Gasteiger partial charge in [0.25, 0.3) is 0 Å². The summed E-state index contributed by atoms with van der Waals surface area (Å²) in [6.07, 6.45) is 5.38. The van der Waals surface area contributed by atoms with Crippen LogP contribution in [0.5, 0.6) is 0 Å². The molecule has 0 saturated carbocycles. The fourth-order valence-corrected chi connectivity index (χ4v) is 2.81. The average molecular weight is 216 g/mol. The number of hydrogen-bond acceptors (Lipinski definition) is 1. The van der Waals surface area contributed by atoms with Crippen LogP contribution in [0.15, 0.2) is 43.0 Å². The van der Waals surface area contributed by atoms with Crippen molar-refractivity contribution in [1.29, 1.82) is 0 Å². The molecule has 0 spiro atoms. The lowest BCUT2D eigenvalue weighted by Gasteiger charge is -2.33. The molecule has 1 aromatic rings. The fourth-order valence-electron chi connectivity index (χ4n) is 2.81. The van der Waals surface area contributed by atoms with Crippen LogP contribution in [0.4, 0.5) is 0 Å². The molecule has 0 bridgehead atoms. The van der Waals surface area contributed by atoms with Gasteiger partial charge in [-0.05, 0) is 18.4 Å². The fraction of sp³-hybridized carbons (Fsp3) is 0.467. The van der Waals surface area contributed by atoms with Gasteiger partial charge >= 0.3 is 0 Å². The zero-order chi connectivity index (χ0) is 11.4. The van der Waals surface area contributed by atoms with Crippen LogP contribution in [0.1, 0.15) is 31.7 Å². The summed E-state index contributed by atoms with van der Waals surface area (Å²) in [6, 6.07) is 10.6. The van der Waals surface area contributed by atoms with E-state index in [1.165, 1.54) is 5.56 Å². The van der Waals surface area contributed by atoms with Crippen molar-refractivity contribution in [3.63, 3.8) is 0 Å². The normalized spacial score (nSPS) is 29.2. The molecule has 0 radical (unpaired) electrons. The maximum Gasteiger partial charge on any atom is 0.0994 e. The van der Waals surface area contributed by atoms with Crippen LogP contribution in [0.3, 0.4) is 0 Å². The molecule has 0 unspecified atom stereocenters. The molecule has 1 fully saturated rings. The molecular formula is C15H20O. The van der Waals surface area contributed by atoms with E-state index in [9.17, 15) is 0 Å². The molecule has 1 heteroatoms. The topological polar surface area (TPSA) is 9.23 Å². The molecule has 0 amide bonds. The molecule has 1 heterocycles. The minimum atomic E-state index is -0.113. The van der Waals surface area contributed by atoms with Gasteiger partial charge in [-0.15, -0.1) is 6.58 Å². The third-order valence-corrected chi connectivity index (χ3v) is 3.56. The lowest BCUT2D eigenvalue weighted by molar-refractivity contribution is -0.0244. The van der Waals surface area contributed by atoms with Gasteiger partial charge in [0.2, 0.25) is 0 Å². The van der Waals surface area contributed by atoms with Gasteiger partial charge < -0.3 is 4.74 Å². The van der Waals surface area contributed by atoms with Gasteiger partial charge in [-0.1, -0.05) is 49.8 Å². The van der Waals surface area contributed by atoms with E-state index in [1.807, 2.05) is 0 Å². The number of rotatable bonds is 4. The second kappa shape index (κ2) is 4.84. The third-order valence-electron chi connectivity index (χ3n) is 3.56. The van der Waals surface area contributed by atoms with Gasteiger partial charge in [0, 0.05) is 12.5 Å². The van der Waals surface area contributed by atoms with Gasteiger partial charge in [-0.3, -0.25) is 0 Å². The van der Waals surface area contributed by atoms with Crippen LogP contribution in [0.2, 0.25) is 0 Å². The quantitative estimate of drug-likeness (QED) is 0.693. The highest BCUT2D eigenvalue weighted by molar-refractivity contribution is 5.26. The van der Waals surface area contributed by atoms with Gasteiger partial charge in [0.05, 0.1) is 5.60 Å². The molecule has 1 aromatic carbocycles. The van der Waals surface area contributed by atoms with Crippen molar-refractivity contribution in [1.82, 2.24) is 0 Å². The number of ether oxygens (including phenoxy) is 1. The molecule has 1 aliphatic rings. The van der Waals surface area contributed by atoms with Crippen molar-refractivity contribution in [2.45, 2.75) is 31.8 Å². The third kappa shape index (κ3) is 1.80. The maximum absolute atomic E-state index is 6.10. The van der Waals surface area contributed by atoms with E-state index in [1.54, 1.807) is 0 Å². The Kier molecular flexibility index (Phi) is 3.45. The lowest BCUT2D eigenvalue weighted by Crippen LogP contribution is -2.31. The highest BCUT2D eigenvalue weighted by atomic mass is 16.5. The predicted octanol–water partition coefficient (Wildman–Crippen LogP) is 3.90. The van der Waals surface area contributed by atoms with Crippen LogP contribution in [0.25, 0.3) is 0 Å². The minimum absolute atomic E-state index is 0.113. The van der Waals surface area contributed by atoms with Crippen LogP contribution in [-0.2, 0) is 10.3 Å². The van der Waals surface area contributed by atoms with Gasteiger partial charge in [0.15, 0.2) is 0 Å². The Balaban J connectivity index is 2.39. The van der Waals surface area contributed by atoms with E-state index in [0.29, 0.717) is 5.92 Å². The SMILES string of the molecule is C=C[C@H]1CCO[C@@]1(CCC)c1ccccc1. The van der Waals surface area contributed by atoms with Gasteiger partial charge in [-0.25, -0.2) is 0 Å². The molecule has 1 aliphatic heterocycles. The van der Waals surface area contributed by atoms with E-state index in [2.05, 4.69) is 49.9 Å². The zero-order valence-corrected chi connectivity index (χ0v) is 9.99. The molecule has 16 heavy (non-hydrogen) atoms. The van der Waals surface area contributed by atoms with Crippen LogP contribution in [-0.4, -0.2) is 6.61 Å². The number of benzene rings is 1. The Morgan fingerprint density at radius 1 is 1.44 bits per heavy atom. The summed E-state index contributed by atoms with van der Waals surface area (Å²) in [6.45, 7) is 7.03. The molecule has 0 N–H and O–H groups in total. The minimum Gasteiger partial charge on any atom is -0.370 e. The van der Waals surface area contributed by atoms with E-state index >= 15 is 0 Å². The van der Waals surface area contributed by atoms with E-state index in [4.69, 9.17) is 4.74 Å². The zero-order valence-electron chi connectivity index (χ0n) is 9.99. The highest BCUT2D eigenvalue weighted by Gasteiger charge is 2.43. The van der Waals surface area contributed by atoms with Crippen LogP contribution >= 0.6 is 0 Å².